The fourth-order valence-electron chi connectivity index (χ4n) is 3.13. The summed E-state index contributed by atoms with van der Waals surface area (Å²) in [7, 11) is 1.84. The standard InChI is InChI=1S/C17H20N6O/c1-18-17-16-14(19-5-6-20-16)8-13(22-17)11-2-3-15(21-9-11)23-7-4-12(24)10-23/h2-3,8-9,12,24H,4-7,10H2,1H3,(H,18,22). The molecule has 0 aromatic carbocycles. The predicted octanol–water partition coefficient (Wildman–Crippen LogP) is 0.00910. The Bertz CT molecular complexity index is 864. The first-order valence-electron chi connectivity index (χ1n) is 8.22. The number of pyridine rings is 2. The Morgan fingerprint density at radius 3 is 2.83 bits per heavy atom. The van der Waals surface area contributed by atoms with E-state index < -0.39 is 0 Å². The van der Waals surface area contributed by atoms with Gasteiger partial charge in [0.1, 0.15) is 11.2 Å². The van der Waals surface area contributed by atoms with Crippen LogP contribution in [0.1, 0.15) is 6.42 Å². The lowest BCUT2D eigenvalue weighted by Crippen LogP contribution is -2.33. The Morgan fingerprint density at radius 1 is 1.25 bits per heavy atom. The van der Waals surface area contributed by atoms with Crippen LogP contribution in [0.3, 0.4) is 0 Å². The van der Waals surface area contributed by atoms with Crippen molar-refractivity contribution in [3.8, 4) is 11.3 Å². The van der Waals surface area contributed by atoms with Crippen LogP contribution < -0.4 is 20.9 Å². The second kappa shape index (κ2) is 6.16. The maximum Gasteiger partial charge on any atom is 0.154 e. The highest BCUT2D eigenvalue weighted by atomic mass is 16.3. The number of β-amino-alcohol motifs (C(OH)–C–C–N with tert-alkyl or cyclic N) is 1. The summed E-state index contributed by atoms with van der Waals surface area (Å²) >= 11 is 0. The van der Waals surface area contributed by atoms with Crippen LogP contribution in [0.25, 0.3) is 11.3 Å². The summed E-state index contributed by atoms with van der Waals surface area (Å²) in [5.41, 5.74) is 1.78. The molecule has 0 aliphatic carbocycles. The lowest BCUT2D eigenvalue weighted by molar-refractivity contribution is 0.198. The zero-order valence-electron chi connectivity index (χ0n) is 13.6. The Morgan fingerprint density at radius 2 is 2.12 bits per heavy atom. The highest BCUT2D eigenvalue weighted by molar-refractivity contribution is 5.62. The zero-order chi connectivity index (χ0) is 16.5. The first kappa shape index (κ1) is 15.0. The minimum Gasteiger partial charge on any atom is -0.391 e. The van der Waals surface area contributed by atoms with Crippen LogP contribution >= 0.6 is 0 Å². The highest BCUT2D eigenvalue weighted by Crippen LogP contribution is 2.21. The van der Waals surface area contributed by atoms with E-state index in [-0.39, 0.29) is 6.10 Å². The first-order valence-corrected chi connectivity index (χ1v) is 8.22. The molecule has 0 bridgehead atoms. The van der Waals surface area contributed by atoms with Crippen LogP contribution in [0.4, 0.5) is 11.6 Å². The van der Waals surface area contributed by atoms with Crippen LogP contribution in [0.5, 0.6) is 0 Å². The van der Waals surface area contributed by atoms with Crippen molar-refractivity contribution in [1.82, 2.24) is 9.97 Å². The molecular formula is C17H20N6O. The van der Waals surface area contributed by atoms with E-state index in [1.165, 1.54) is 0 Å². The van der Waals surface area contributed by atoms with Crippen LogP contribution in [-0.4, -0.2) is 54.4 Å². The van der Waals surface area contributed by atoms with Gasteiger partial charge in [-0.15, -0.1) is 0 Å². The van der Waals surface area contributed by atoms with Crippen molar-refractivity contribution in [2.45, 2.75) is 12.5 Å². The third-order valence-corrected chi connectivity index (χ3v) is 4.39. The molecule has 2 N–H and O–H groups in total. The normalized spacial score (nSPS) is 19.4. The van der Waals surface area contributed by atoms with E-state index in [9.17, 15) is 5.11 Å². The number of rotatable bonds is 3. The topological polar surface area (TPSA) is 86.0 Å². The molecule has 1 fully saturated rings. The number of aliphatic hydroxyl groups excluding tert-OH is 1. The number of anilines is 2. The zero-order valence-corrected chi connectivity index (χ0v) is 13.6. The molecule has 7 nitrogen and oxygen atoms in total. The third-order valence-electron chi connectivity index (χ3n) is 4.39. The molecule has 7 heteroatoms. The summed E-state index contributed by atoms with van der Waals surface area (Å²) in [6, 6.07) is 5.96. The van der Waals surface area contributed by atoms with Gasteiger partial charge in [-0.1, -0.05) is 0 Å². The molecule has 1 unspecified atom stereocenters. The van der Waals surface area contributed by atoms with E-state index >= 15 is 0 Å². The Labute approximate surface area is 139 Å². The molecule has 0 amide bonds. The van der Waals surface area contributed by atoms with E-state index in [4.69, 9.17) is 0 Å². The largest absolute Gasteiger partial charge is 0.391 e. The fourth-order valence-corrected chi connectivity index (χ4v) is 3.13. The van der Waals surface area contributed by atoms with Crippen molar-refractivity contribution >= 4 is 11.6 Å². The monoisotopic (exact) mass is 324 g/mol. The van der Waals surface area contributed by atoms with Gasteiger partial charge in [-0.3, -0.25) is 9.98 Å². The summed E-state index contributed by atoms with van der Waals surface area (Å²) in [6.07, 6.45) is 2.37. The minimum atomic E-state index is -0.252. The third kappa shape index (κ3) is 2.71. The molecular weight excluding hydrogens is 304 g/mol. The summed E-state index contributed by atoms with van der Waals surface area (Å²) in [4.78, 5) is 20.3. The smallest absolute Gasteiger partial charge is 0.154 e. The average Bonchev–Trinajstić information content (AvgIpc) is 3.07. The number of nitrogens with one attached hydrogen (secondary N) is 1. The van der Waals surface area contributed by atoms with Gasteiger partial charge in [-0.2, -0.15) is 0 Å². The molecule has 4 heterocycles. The van der Waals surface area contributed by atoms with Crippen molar-refractivity contribution in [2.24, 2.45) is 9.98 Å². The van der Waals surface area contributed by atoms with E-state index in [1.54, 1.807) is 0 Å². The predicted molar refractivity (Wildman–Crippen MR) is 91.9 cm³/mol. The van der Waals surface area contributed by atoms with Gasteiger partial charge in [0.15, 0.2) is 5.82 Å². The van der Waals surface area contributed by atoms with E-state index in [1.807, 2.05) is 31.4 Å². The molecule has 124 valence electrons. The van der Waals surface area contributed by atoms with E-state index in [2.05, 4.69) is 30.2 Å². The molecule has 0 saturated carbocycles. The summed E-state index contributed by atoms with van der Waals surface area (Å²) in [6.45, 7) is 2.91. The summed E-state index contributed by atoms with van der Waals surface area (Å²) in [5.74, 6) is 1.64. The number of aliphatic hydroxyl groups is 1. The van der Waals surface area contributed by atoms with Crippen LogP contribution in [0, 0.1) is 0 Å². The summed E-state index contributed by atoms with van der Waals surface area (Å²) in [5, 5.41) is 14.5. The molecule has 2 aromatic heterocycles. The van der Waals surface area contributed by atoms with Gasteiger partial charge >= 0.3 is 0 Å². The molecule has 0 radical (unpaired) electrons. The highest BCUT2D eigenvalue weighted by Gasteiger charge is 2.21. The molecule has 0 spiro atoms. The number of aromatic nitrogens is 2. The maximum absolute atomic E-state index is 9.66. The van der Waals surface area contributed by atoms with E-state index in [0.29, 0.717) is 19.6 Å². The van der Waals surface area contributed by atoms with Gasteiger partial charge < -0.3 is 15.3 Å². The molecule has 2 aromatic rings. The summed E-state index contributed by atoms with van der Waals surface area (Å²) < 4.78 is 0. The van der Waals surface area contributed by atoms with Crippen molar-refractivity contribution in [1.29, 1.82) is 0 Å². The second-order valence-corrected chi connectivity index (χ2v) is 6.03. The maximum atomic E-state index is 9.66. The lowest BCUT2D eigenvalue weighted by Gasteiger charge is -2.16. The average molecular weight is 324 g/mol. The van der Waals surface area contributed by atoms with Gasteiger partial charge in [0.2, 0.25) is 0 Å². The van der Waals surface area contributed by atoms with Gasteiger partial charge in [0, 0.05) is 31.9 Å². The Balaban J connectivity index is 1.69. The van der Waals surface area contributed by atoms with Crippen LogP contribution in [0.15, 0.2) is 34.4 Å². The number of fused-ring (bicyclic) bond motifs is 1. The molecule has 1 atom stereocenters. The van der Waals surface area contributed by atoms with Crippen LogP contribution in [0.2, 0.25) is 0 Å². The van der Waals surface area contributed by atoms with Gasteiger partial charge in [-0.25, -0.2) is 9.97 Å². The molecule has 1 saturated heterocycles. The van der Waals surface area contributed by atoms with Gasteiger partial charge in [-0.05, 0) is 24.6 Å². The van der Waals surface area contributed by atoms with Crippen molar-refractivity contribution in [3.63, 3.8) is 0 Å². The SMILES string of the molecule is CNc1nc(-c2ccc(N3CCC(O)C3)nc2)cc2c1=NCCN=2. The Kier molecular flexibility index (Phi) is 3.86. The molecule has 2 aliphatic heterocycles. The van der Waals surface area contributed by atoms with Crippen molar-refractivity contribution < 1.29 is 5.11 Å². The lowest BCUT2D eigenvalue weighted by atomic mass is 10.1. The second-order valence-electron chi connectivity index (χ2n) is 6.03. The van der Waals surface area contributed by atoms with E-state index in [0.717, 1.165) is 46.6 Å². The van der Waals surface area contributed by atoms with Crippen LogP contribution in [-0.2, 0) is 0 Å². The number of hydrogen-bond acceptors (Lipinski definition) is 7. The quantitative estimate of drug-likeness (QED) is 0.831. The molecule has 24 heavy (non-hydrogen) atoms. The number of hydrogen-bond donors (Lipinski definition) is 2. The fraction of sp³-hybridized carbons (Fsp3) is 0.412. The van der Waals surface area contributed by atoms with Gasteiger partial charge in [0.05, 0.1) is 30.2 Å². The molecule has 4 rings (SSSR count). The first-order chi connectivity index (χ1) is 11.7. The minimum absolute atomic E-state index is 0.252. The Hall–Kier alpha value is -2.54. The van der Waals surface area contributed by atoms with Crippen molar-refractivity contribution in [3.05, 3.63) is 35.1 Å². The van der Waals surface area contributed by atoms with Gasteiger partial charge in [0.25, 0.3) is 0 Å². The number of nitrogens with zero attached hydrogens (tertiary/aromatic N) is 5. The molecule has 2 aliphatic rings. The van der Waals surface area contributed by atoms with Crippen molar-refractivity contribution in [2.75, 3.05) is 43.4 Å².